The van der Waals surface area contributed by atoms with Crippen molar-refractivity contribution in [1.29, 1.82) is 0 Å². The van der Waals surface area contributed by atoms with Crippen molar-refractivity contribution < 1.29 is 9.47 Å². The molecule has 2 fully saturated rings. The van der Waals surface area contributed by atoms with Crippen LogP contribution in [0.2, 0.25) is 0 Å². The maximum Gasteiger partial charge on any atom is 0.0589 e. The smallest absolute Gasteiger partial charge is 0.0589 e. The molecule has 0 heterocycles. The van der Waals surface area contributed by atoms with E-state index in [1.165, 1.54) is 58.0 Å². The van der Waals surface area contributed by atoms with Crippen molar-refractivity contribution >= 4 is 0 Å². The van der Waals surface area contributed by atoms with Gasteiger partial charge in [0.2, 0.25) is 0 Å². The van der Waals surface area contributed by atoms with Crippen LogP contribution in [0.5, 0.6) is 0 Å². The van der Waals surface area contributed by atoms with Crippen molar-refractivity contribution in [3.8, 4) is 0 Å². The molecule has 0 radical (unpaired) electrons. The van der Waals surface area contributed by atoms with E-state index in [4.69, 9.17) is 9.47 Å². The first-order valence-corrected chi connectivity index (χ1v) is 8.72. The molecular weight excluding hydrogens is 264 g/mol. The molecule has 2 rings (SSSR count). The maximum atomic E-state index is 5.28. The maximum absolute atomic E-state index is 5.28. The van der Waals surface area contributed by atoms with Crippen LogP contribution in [0.15, 0.2) is 0 Å². The number of ether oxygens (including phenoxy) is 2. The molecule has 0 aromatic rings. The topological polar surface area (TPSA) is 33.7 Å². The highest BCUT2D eigenvalue weighted by Gasteiger charge is 2.35. The highest BCUT2D eigenvalue weighted by molar-refractivity contribution is 4.91. The van der Waals surface area contributed by atoms with Gasteiger partial charge < -0.3 is 14.8 Å². The molecule has 21 heavy (non-hydrogen) atoms. The zero-order valence-electron chi connectivity index (χ0n) is 14.0. The van der Waals surface area contributed by atoms with E-state index in [1.807, 2.05) is 0 Å². The molecule has 0 saturated heterocycles. The minimum atomic E-state index is 0.475. The van der Waals surface area contributed by atoms with Crippen molar-refractivity contribution in [2.24, 2.45) is 5.41 Å². The van der Waals surface area contributed by atoms with E-state index in [1.54, 1.807) is 14.2 Å². The standard InChI is InChI=1S/C17H34N2O2/c1-20-12-10-19(11-13-21-2)15-17(8-4-3-5-9-17)14-18-16-6-7-16/h16,18H,3-15H2,1-2H3. The predicted molar refractivity (Wildman–Crippen MR) is 86.7 cm³/mol. The van der Waals surface area contributed by atoms with Crippen LogP contribution in [0.4, 0.5) is 0 Å². The molecule has 2 aliphatic carbocycles. The highest BCUT2D eigenvalue weighted by atomic mass is 16.5. The second kappa shape index (κ2) is 9.09. The molecular formula is C17H34N2O2. The van der Waals surface area contributed by atoms with Crippen molar-refractivity contribution in [1.82, 2.24) is 10.2 Å². The van der Waals surface area contributed by atoms with Gasteiger partial charge in [-0.3, -0.25) is 4.90 Å². The summed E-state index contributed by atoms with van der Waals surface area (Å²) in [6.07, 6.45) is 9.73. The second-order valence-corrected chi connectivity index (χ2v) is 6.98. The molecule has 4 nitrogen and oxygen atoms in total. The summed E-state index contributed by atoms with van der Waals surface area (Å²) in [5, 5.41) is 3.80. The fourth-order valence-corrected chi connectivity index (χ4v) is 3.53. The van der Waals surface area contributed by atoms with Crippen LogP contribution in [0.25, 0.3) is 0 Å². The molecule has 0 aliphatic heterocycles. The number of nitrogens with zero attached hydrogens (tertiary/aromatic N) is 1. The lowest BCUT2D eigenvalue weighted by molar-refractivity contribution is 0.0600. The number of hydrogen-bond acceptors (Lipinski definition) is 4. The molecule has 124 valence electrons. The van der Waals surface area contributed by atoms with Gasteiger partial charge in [-0.05, 0) is 31.1 Å². The lowest BCUT2D eigenvalue weighted by Gasteiger charge is -2.41. The summed E-state index contributed by atoms with van der Waals surface area (Å²) in [5.74, 6) is 0. The Bertz CT molecular complexity index is 268. The molecule has 0 aromatic heterocycles. The fraction of sp³-hybridized carbons (Fsp3) is 1.00. The van der Waals surface area contributed by atoms with Crippen molar-refractivity contribution in [3.05, 3.63) is 0 Å². The quantitative estimate of drug-likeness (QED) is 0.634. The number of hydrogen-bond donors (Lipinski definition) is 1. The largest absolute Gasteiger partial charge is 0.383 e. The van der Waals surface area contributed by atoms with E-state index < -0.39 is 0 Å². The third-order valence-corrected chi connectivity index (χ3v) is 5.04. The average molecular weight is 298 g/mol. The normalized spacial score (nSPS) is 21.9. The molecule has 0 atom stereocenters. The van der Waals surface area contributed by atoms with Crippen molar-refractivity contribution in [3.63, 3.8) is 0 Å². The second-order valence-electron chi connectivity index (χ2n) is 6.98. The first-order valence-electron chi connectivity index (χ1n) is 8.72. The van der Waals surface area contributed by atoms with Gasteiger partial charge in [0.25, 0.3) is 0 Å². The first-order chi connectivity index (χ1) is 10.3. The van der Waals surface area contributed by atoms with Crippen molar-refractivity contribution in [2.75, 3.05) is 53.6 Å². The molecule has 2 saturated carbocycles. The average Bonchev–Trinajstić information content (AvgIpc) is 3.33. The summed E-state index contributed by atoms with van der Waals surface area (Å²) in [5.41, 5.74) is 0.475. The van der Waals surface area contributed by atoms with Gasteiger partial charge in [-0.25, -0.2) is 0 Å². The molecule has 0 unspecified atom stereocenters. The van der Waals surface area contributed by atoms with E-state index in [-0.39, 0.29) is 0 Å². The monoisotopic (exact) mass is 298 g/mol. The molecule has 1 N–H and O–H groups in total. The van der Waals surface area contributed by atoms with Gasteiger partial charge in [0.15, 0.2) is 0 Å². The minimum absolute atomic E-state index is 0.475. The molecule has 0 spiro atoms. The number of nitrogens with one attached hydrogen (secondary N) is 1. The SMILES string of the molecule is COCCN(CCOC)CC1(CNC2CC2)CCCCC1. The Balaban J connectivity index is 1.88. The molecule has 0 amide bonds. The van der Waals surface area contributed by atoms with Gasteiger partial charge in [-0.1, -0.05) is 19.3 Å². The summed E-state index contributed by atoms with van der Waals surface area (Å²) in [7, 11) is 3.58. The van der Waals surface area contributed by atoms with Gasteiger partial charge in [-0.15, -0.1) is 0 Å². The first kappa shape index (κ1) is 17.2. The Morgan fingerprint density at radius 2 is 1.62 bits per heavy atom. The summed E-state index contributed by atoms with van der Waals surface area (Å²) in [6.45, 7) is 6.06. The van der Waals surface area contributed by atoms with Gasteiger partial charge in [0.05, 0.1) is 13.2 Å². The van der Waals surface area contributed by atoms with Crippen LogP contribution in [0, 0.1) is 5.41 Å². The minimum Gasteiger partial charge on any atom is -0.383 e. The number of methoxy groups -OCH3 is 2. The molecule has 0 bridgehead atoms. The Morgan fingerprint density at radius 1 is 1.00 bits per heavy atom. The van der Waals surface area contributed by atoms with E-state index in [0.717, 1.165) is 32.3 Å². The Morgan fingerprint density at radius 3 is 2.14 bits per heavy atom. The highest BCUT2D eigenvalue weighted by Crippen LogP contribution is 2.37. The predicted octanol–water partition coefficient (Wildman–Crippen LogP) is 2.28. The van der Waals surface area contributed by atoms with Crippen molar-refractivity contribution in [2.45, 2.75) is 51.0 Å². The van der Waals surface area contributed by atoms with Gasteiger partial charge in [0.1, 0.15) is 0 Å². The van der Waals surface area contributed by atoms with Crippen LogP contribution < -0.4 is 5.32 Å². The van der Waals surface area contributed by atoms with Crippen LogP contribution in [0.3, 0.4) is 0 Å². The zero-order chi connectivity index (χ0) is 15.0. The van der Waals surface area contributed by atoms with Crippen LogP contribution in [0.1, 0.15) is 44.9 Å². The lowest BCUT2D eigenvalue weighted by atomic mass is 9.73. The number of rotatable bonds is 11. The fourth-order valence-electron chi connectivity index (χ4n) is 3.53. The Kier molecular flexibility index (Phi) is 7.44. The third kappa shape index (κ3) is 6.23. The third-order valence-electron chi connectivity index (χ3n) is 5.04. The Hall–Kier alpha value is -0.160. The van der Waals surface area contributed by atoms with Crippen LogP contribution in [-0.2, 0) is 9.47 Å². The van der Waals surface area contributed by atoms with Crippen LogP contribution >= 0.6 is 0 Å². The van der Waals surface area contributed by atoms with Gasteiger partial charge in [0, 0.05) is 46.4 Å². The zero-order valence-corrected chi connectivity index (χ0v) is 14.0. The van der Waals surface area contributed by atoms with E-state index in [0.29, 0.717) is 5.41 Å². The lowest BCUT2D eigenvalue weighted by Crippen LogP contribution is -2.47. The van der Waals surface area contributed by atoms with E-state index >= 15 is 0 Å². The summed E-state index contributed by atoms with van der Waals surface area (Å²) >= 11 is 0. The van der Waals surface area contributed by atoms with Gasteiger partial charge in [-0.2, -0.15) is 0 Å². The van der Waals surface area contributed by atoms with E-state index in [9.17, 15) is 0 Å². The summed E-state index contributed by atoms with van der Waals surface area (Å²) in [4.78, 5) is 2.55. The van der Waals surface area contributed by atoms with Gasteiger partial charge >= 0.3 is 0 Å². The molecule has 2 aliphatic rings. The molecule has 0 aromatic carbocycles. The van der Waals surface area contributed by atoms with E-state index in [2.05, 4.69) is 10.2 Å². The summed E-state index contributed by atoms with van der Waals surface area (Å²) < 4.78 is 10.6. The van der Waals surface area contributed by atoms with Crippen LogP contribution in [-0.4, -0.2) is 64.6 Å². The Labute approximate surface area is 130 Å². The molecule has 4 heteroatoms. The summed E-state index contributed by atoms with van der Waals surface area (Å²) in [6, 6.07) is 0.815.